The van der Waals surface area contributed by atoms with Gasteiger partial charge in [0.2, 0.25) is 0 Å². The number of benzene rings is 3. The normalized spacial score (nSPS) is 10.1. The van der Waals surface area contributed by atoms with Crippen LogP contribution in [0.4, 0.5) is 5.69 Å². The first kappa shape index (κ1) is 13.4. The van der Waals surface area contributed by atoms with Crippen LogP contribution < -0.4 is 5.73 Å². The van der Waals surface area contributed by atoms with Gasteiger partial charge in [-0.25, -0.2) is 0 Å². The van der Waals surface area contributed by atoms with Gasteiger partial charge in [-0.15, -0.1) is 12.4 Å². The van der Waals surface area contributed by atoms with Crippen molar-refractivity contribution < 1.29 is 0 Å². The van der Waals surface area contributed by atoms with Gasteiger partial charge in [0.1, 0.15) is 0 Å². The Hall–Kier alpha value is -1.99. The van der Waals surface area contributed by atoms with E-state index >= 15 is 0 Å². The zero-order valence-corrected chi connectivity index (χ0v) is 11.4. The lowest BCUT2D eigenvalue weighted by Crippen LogP contribution is -1.96. The fourth-order valence-corrected chi connectivity index (χ4v) is 2.31. The van der Waals surface area contributed by atoms with Crippen molar-refractivity contribution in [3.05, 3.63) is 77.9 Å². The van der Waals surface area contributed by atoms with Crippen LogP contribution in [0.15, 0.2) is 66.7 Å². The number of hydrogen-bond donors (Lipinski definition) is 1. The van der Waals surface area contributed by atoms with Gasteiger partial charge >= 0.3 is 0 Å². The molecule has 0 aromatic heterocycles. The van der Waals surface area contributed by atoms with Crippen LogP contribution in [0.1, 0.15) is 11.1 Å². The van der Waals surface area contributed by atoms with Crippen molar-refractivity contribution in [1.82, 2.24) is 0 Å². The molecule has 3 aromatic carbocycles. The topological polar surface area (TPSA) is 26.0 Å². The number of halogens is 1. The Bertz CT molecular complexity index is 677. The summed E-state index contributed by atoms with van der Waals surface area (Å²) < 4.78 is 0. The van der Waals surface area contributed by atoms with E-state index in [9.17, 15) is 0 Å². The van der Waals surface area contributed by atoms with Crippen molar-refractivity contribution in [2.24, 2.45) is 0 Å². The van der Waals surface area contributed by atoms with Crippen molar-refractivity contribution in [3.8, 4) is 0 Å². The summed E-state index contributed by atoms with van der Waals surface area (Å²) in [4.78, 5) is 0. The molecule has 3 aromatic rings. The molecule has 96 valence electrons. The van der Waals surface area contributed by atoms with Crippen LogP contribution in [-0.2, 0) is 6.42 Å². The monoisotopic (exact) mass is 269 g/mol. The van der Waals surface area contributed by atoms with E-state index in [0.717, 1.165) is 17.5 Å². The van der Waals surface area contributed by atoms with Crippen LogP contribution in [-0.4, -0.2) is 0 Å². The Morgan fingerprint density at radius 2 is 1.42 bits per heavy atom. The van der Waals surface area contributed by atoms with E-state index in [1.807, 2.05) is 18.2 Å². The largest absolute Gasteiger partial charge is 0.398 e. The van der Waals surface area contributed by atoms with Crippen LogP contribution in [0.3, 0.4) is 0 Å². The molecule has 0 unspecified atom stereocenters. The van der Waals surface area contributed by atoms with Crippen molar-refractivity contribution >= 4 is 28.9 Å². The first-order chi connectivity index (χ1) is 8.84. The molecule has 0 aliphatic rings. The van der Waals surface area contributed by atoms with E-state index in [4.69, 9.17) is 5.73 Å². The first-order valence-electron chi connectivity index (χ1n) is 6.14. The minimum absolute atomic E-state index is 0. The molecule has 0 bridgehead atoms. The molecule has 0 fully saturated rings. The smallest absolute Gasteiger partial charge is 0.0429 e. The third kappa shape index (κ3) is 2.72. The summed E-state index contributed by atoms with van der Waals surface area (Å²) in [5.74, 6) is 0. The second-order valence-electron chi connectivity index (χ2n) is 4.52. The predicted molar refractivity (Wildman–Crippen MR) is 84.9 cm³/mol. The fourth-order valence-electron chi connectivity index (χ4n) is 2.31. The van der Waals surface area contributed by atoms with E-state index in [2.05, 4.69) is 48.5 Å². The van der Waals surface area contributed by atoms with Crippen molar-refractivity contribution in [2.45, 2.75) is 6.42 Å². The Morgan fingerprint density at radius 1 is 0.737 bits per heavy atom. The van der Waals surface area contributed by atoms with E-state index in [-0.39, 0.29) is 12.4 Å². The highest BCUT2D eigenvalue weighted by Gasteiger charge is 2.04. The van der Waals surface area contributed by atoms with E-state index in [0.29, 0.717) is 0 Å². The summed E-state index contributed by atoms with van der Waals surface area (Å²) in [5.41, 5.74) is 9.65. The van der Waals surface area contributed by atoms with Crippen molar-refractivity contribution in [1.29, 1.82) is 0 Å². The summed E-state index contributed by atoms with van der Waals surface area (Å²) in [6.07, 6.45) is 0.886. The van der Waals surface area contributed by atoms with Crippen LogP contribution in [0, 0.1) is 0 Å². The molecule has 0 saturated carbocycles. The zero-order chi connectivity index (χ0) is 12.4. The Balaban J connectivity index is 0.00000133. The van der Waals surface area contributed by atoms with Crippen LogP contribution in [0.5, 0.6) is 0 Å². The summed E-state index contributed by atoms with van der Waals surface area (Å²) >= 11 is 0. The summed E-state index contributed by atoms with van der Waals surface area (Å²) in [5, 5.41) is 2.35. The number of nitrogen functional groups attached to an aromatic ring is 1. The van der Waals surface area contributed by atoms with Gasteiger partial charge in [-0.3, -0.25) is 0 Å². The molecule has 2 heteroatoms. The maximum atomic E-state index is 6.27. The van der Waals surface area contributed by atoms with Gasteiger partial charge in [0, 0.05) is 11.1 Å². The van der Waals surface area contributed by atoms with Gasteiger partial charge in [0.25, 0.3) is 0 Å². The Kier molecular flexibility index (Phi) is 4.08. The molecule has 0 heterocycles. The fraction of sp³-hybridized carbons (Fsp3) is 0.0588. The highest BCUT2D eigenvalue weighted by Crippen LogP contribution is 2.26. The standard InChI is InChI=1S/C17H15N.ClH/c18-17-15(12-13-6-2-1-3-7-13)11-10-14-8-4-5-9-16(14)17;/h1-11H,12,18H2;1H. The average molecular weight is 270 g/mol. The van der Waals surface area contributed by atoms with Gasteiger partial charge in [-0.1, -0.05) is 66.7 Å². The molecule has 2 N–H and O–H groups in total. The molecule has 0 spiro atoms. The molecule has 0 amide bonds. The number of rotatable bonds is 2. The zero-order valence-electron chi connectivity index (χ0n) is 10.5. The average Bonchev–Trinajstić information content (AvgIpc) is 2.43. The van der Waals surface area contributed by atoms with Gasteiger partial charge in [0.15, 0.2) is 0 Å². The lowest BCUT2D eigenvalue weighted by atomic mass is 9.99. The van der Waals surface area contributed by atoms with Crippen LogP contribution in [0.2, 0.25) is 0 Å². The molecule has 19 heavy (non-hydrogen) atoms. The van der Waals surface area contributed by atoms with Gasteiger partial charge in [-0.2, -0.15) is 0 Å². The molecule has 0 aliphatic carbocycles. The molecule has 0 atom stereocenters. The second kappa shape index (κ2) is 5.77. The lowest BCUT2D eigenvalue weighted by Gasteiger charge is -2.09. The Morgan fingerprint density at radius 3 is 2.21 bits per heavy atom. The number of anilines is 1. The van der Waals surface area contributed by atoms with Gasteiger partial charge in [-0.05, 0) is 22.9 Å². The third-order valence-corrected chi connectivity index (χ3v) is 3.30. The molecule has 0 radical (unpaired) electrons. The van der Waals surface area contributed by atoms with E-state index in [1.165, 1.54) is 16.5 Å². The molecular formula is C17H16ClN. The SMILES string of the molecule is Cl.Nc1c(Cc2ccccc2)ccc2ccccc12. The summed E-state index contributed by atoms with van der Waals surface area (Å²) in [6, 6.07) is 22.9. The second-order valence-corrected chi connectivity index (χ2v) is 4.52. The molecule has 1 nitrogen and oxygen atoms in total. The minimum atomic E-state index is 0. The number of nitrogens with two attached hydrogens (primary N) is 1. The number of hydrogen-bond acceptors (Lipinski definition) is 1. The molecular weight excluding hydrogens is 254 g/mol. The maximum Gasteiger partial charge on any atom is 0.0429 e. The van der Waals surface area contributed by atoms with E-state index < -0.39 is 0 Å². The summed E-state index contributed by atoms with van der Waals surface area (Å²) in [7, 11) is 0. The van der Waals surface area contributed by atoms with Crippen molar-refractivity contribution in [3.63, 3.8) is 0 Å². The van der Waals surface area contributed by atoms with Crippen LogP contribution in [0.25, 0.3) is 10.8 Å². The van der Waals surface area contributed by atoms with Gasteiger partial charge < -0.3 is 5.73 Å². The highest BCUT2D eigenvalue weighted by molar-refractivity contribution is 5.94. The molecule has 0 aliphatic heterocycles. The molecule has 3 rings (SSSR count). The minimum Gasteiger partial charge on any atom is -0.398 e. The third-order valence-electron chi connectivity index (χ3n) is 3.30. The maximum absolute atomic E-state index is 6.27. The molecule has 0 saturated heterocycles. The summed E-state index contributed by atoms with van der Waals surface area (Å²) in [6.45, 7) is 0. The first-order valence-corrected chi connectivity index (χ1v) is 6.14. The lowest BCUT2D eigenvalue weighted by molar-refractivity contribution is 1.20. The van der Waals surface area contributed by atoms with Gasteiger partial charge in [0.05, 0.1) is 0 Å². The number of fused-ring (bicyclic) bond motifs is 1. The van der Waals surface area contributed by atoms with E-state index in [1.54, 1.807) is 0 Å². The predicted octanol–water partition coefficient (Wildman–Crippen LogP) is 4.43. The quantitative estimate of drug-likeness (QED) is 0.684. The Labute approximate surface area is 119 Å². The van der Waals surface area contributed by atoms with Crippen molar-refractivity contribution in [2.75, 3.05) is 5.73 Å². The van der Waals surface area contributed by atoms with Crippen LogP contribution >= 0.6 is 12.4 Å². The highest BCUT2D eigenvalue weighted by atomic mass is 35.5.